The molecule has 26 heavy (non-hydrogen) atoms. The van der Waals surface area contributed by atoms with Crippen LogP contribution in [0, 0.1) is 5.92 Å². The van der Waals surface area contributed by atoms with Gasteiger partial charge in [-0.3, -0.25) is 0 Å². The highest BCUT2D eigenvalue weighted by atomic mass is 16.2. The number of nitrogens with one attached hydrogen (secondary N) is 2. The van der Waals surface area contributed by atoms with E-state index in [1.807, 2.05) is 31.3 Å². The molecule has 1 aromatic carbocycles. The van der Waals surface area contributed by atoms with Crippen LogP contribution in [-0.2, 0) is 6.54 Å². The van der Waals surface area contributed by atoms with Crippen LogP contribution in [0.25, 0.3) is 11.0 Å². The number of para-hydroxylation sites is 2. The Kier molecular flexibility index (Phi) is 5.11. The van der Waals surface area contributed by atoms with Crippen molar-refractivity contribution in [3.8, 4) is 0 Å². The van der Waals surface area contributed by atoms with Crippen LogP contribution in [0.2, 0.25) is 0 Å². The van der Waals surface area contributed by atoms with E-state index in [1.54, 1.807) is 4.90 Å². The van der Waals surface area contributed by atoms with E-state index in [9.17, 15) is 4.79 Å². The van der Waals surface area contributed by atoms with Gasteiger partial charge >= 0.3 is 6.03 Å². The Balaban J connectivity index is 1.24. The van der Waals surface area contributed by atoms with Gasteiger partial charge in [-0.25, -0.2) is 9.78 Å². The van der Waals surface area contributed by atoms with Crippen molar-refractivity contribution in [3.63, 3.8) is 0 Å². The summed E-state index contributed by atoms with van der Waals surface area (Å²) in [7, 11) is 1.82. The Morgan fingerprint density at radius 3 is 2.92 bits per heavy atom. The van der Waals surface area contributed by atoms with Gasteiger partial charge in [0.25, 0.3) is 0 Å². The number of imidazole rings is 1. The maximum absolute atomic E-state index is 12.4. The van der Waals surface area contributed by atoms with Crippen LogP contribution in [0.15, 0.2) is 24.3 Å². The van der Waals surface area contributed by atoms with Gasteiger partial charge in [0, 0.05) is 26.2 Å². The fourth-order valence-electron chi connectivity index (χ4n) is 4.37. The SMILES string of the molecule is CN(Cc1nc2ccccc2[nH]1)C(=O)NCC1CCN(C2CCCC2)C1. The number of aromatic nitrogens is 2. The van der Waals surface area contributed by atoms with Crippen molar-refractivity contribution in [2.24, 2.45) is 5.92 Å². The lowest BCUT2D eigenvalue weighted by atomic mass is 10.1. The summed E-state index contributed by atoms with van der Waals surface area (Å²) in [6.07, 6.45) is 6.69. The number of likely N-dealkylation sites (tertiary alicyclic amines) is 1. The highest BCUT2D eigenvalue weighted by molar-refractivity contribution is 5.75. The molecule has 1 saturated carbocycles. The third kappa shape index (κ3) is 3.85. The number of benzene rings is 1. The van der Waals surface area contributed by atoms with E-state index in [1.165, 1.54) is 38.6 Å². The van der Waals surface area contributed by atoms with Crippen molar-refractivity contribution in [2.45, 2.75) is 44.7 Å². The minimum absolute atomic E-state index is 0.0234. The Bertz CT molecular complexity index is 718. The molecule has 1 aromatic heterocycles. The maximum Gasteiger partial charge on any atom is 0.317 e. The first-order chi connectivity index (χ1) is 12.7. The minimum atomic E-state index is -0.0234. The standard InChI is InChI=1S/C20H29N5O/c1-24(14-19-22-17-8-4-5-9-18(17)23-19)20(26)21-12-15-10-11-25(13-15)16-6-2-3-7-16/h4-5,8-9,15-16H,2-3,6-7,10-14H2,1H3,(H,21,26)(H,22,23). The highest BCUT2D eigenvalue weighted by Crippen LogP contribution is 2.28. The first-order valence-electron chi connectivity index (χ1n) is 9.85. The molecular weight excluding hydrogens is 326 g/mol. The van der Waals surface area contributed by atoms with Crippen LogP contribution in [0.4, 0.5) is 4.79 Å². The number of nitrogens with zero attached hydrogens (tertiary/aromatic N) is 3. The molecule has 6 heteroatoms. The van der Waals surface area contributed by atoms with Crippen LogP contribution < -0.4 is 5.32 Å². The summed E-state index contributed by atoms with van der Waals surface area (Å²) in [6.45, 7) is 3.59. The van der Waals surface area contributed by atoms with Gasteiger partial charge < -0.3 is 20.1 Å². The number of amides is 2. The summed E-state index contributed by atoms with van der Waals surface area (Å²) in [6, 6.07) is 8.71. The average Bonchev–Trinajstić information content (AvgIpc) is 3.38. The molecule has 6 nitrogen and oxygen atoms in total. The van der Waals surface area contributed by atoms with Crippen LogP contribution >= 0.6 is 0 Å². The quantitative estimate of drug-likeness (QED) is 0.867. The Morgan fingerprint density at radius 2 is 2.12 bits per heavy atom. The molecule has 2 N–H and O–H groups in total. The van der Waals surface area contributed by atoms with Crippen LogP contribution in [0.5, 0.6) is 0 Å². The van der Waals surface area contributed by atoms with Gasteiger partial charge in [0.2, 0.25) is 0 Å². The van der Waals surface area contributed by atoms with Crippen molar-refractivity contribution >= 4 is 17.1 Å². The number of hydrogen-bond acceptors (Lipinski definition) is 3. The topological polar surface area (TPSA) is 64.3 Å². The van der Waals surface area contributed by atoms with E-state index >= 15 is 0 Å². The molecule has 2 aliphatic rings. The summed E-state index contributed by atoms with van der Waals surface area (Å²) < 4.78 is 0. The largest absolute Gasteiger partial charge is 0.340 e. The van der Waals surface area contributed by atoms with Crippen molar-refractivity contribution in [1.82, 2.24) is 25.1 Å². The smallest absolute Gasteiger partial charge is 0.317 e. The molecule has 0 bridgehead atoms. The number of carbonyl (C=O) groups is 1. The van der Waals surface area contributed by atoms with E-state index in [2.05, 4.69) is 20.2 Å². The minimum Gasteiger partial charge on any atom is -0.340 e. The molecule has 1 saturated heterocycles. The number of rotatable bonds is 5. The molecule has 1 aliphatic heterocycles. The van der Waals surface area contributed by atoms with Gasteiger partial charge in [-0.05, 0) is 43.9 Å². The maximum atomic E-state index is 12.4. The van der Waals surface area contributed by atoms with Crippen LogP contribution in [0.1, 0.15) is 37.9 Å². The van der Waals surface area contributed by atoms with E-state index in [0.717, 1.165) is 36.0 Å². The Labute approximate surface area is 155 Å². The van der Waals surface area contributed by atoms with Gasteiger partial charge in [-0.1, -0.05) is 25.0 Å². The summed E-state index contributed by atoms with van der Waals surface area (Å²) in [4.78, 5) is 24.6. The lowest BCUT2D eigenvalue weighted by Crippen LogP contribution is -2.40. The van der Waals surface area contributed by atoms with Crippen molar-refractivity contribution in [3.05, 3.63) is 30.1 Å². The lowest BCUT2D eigenvalue weighted by Gasteiger charge is -2.24. The molecular formula is C20H29N5O. The Morgan fingerprint density at radius 1 is 1.31 bits per heavy atom. The second-order valence-electron chi connectivity index (χ2n) is 7.83. The molecule has 1 unspecified atom stereocenters. The number of carbonyl (C=O) groups excluding carboxylic acids is 1. The molecule has 2 heterocycles. The number of aromatic amines is 1. The van der Waals surface area contributed by atoms with E-state index in [0.29, 0.717) is 12.5 Å². The fourth-order valence-corrected chi connectivity index (χ4v) is 4.37. The van der Waals surface area contributed by atoms with E-state index in [4.69, 9.17) is 0 Å². The summed E-state index contributed by atoms with van der Waals surface area (Å²) >= 11 is 0. The average molecular weight is 355 g/mol. The van der Waals surface area contributed by atoms with Crippen molar-refractivity contribution in [1.29, 1.82) is 0 Å². The van der Waals surface area contributed by atoms with Gasteiger partial charge in [-0.15, -0.1) is 0 Å². The second kappa shape index (κ2) is 7.66. The van der Waals surface area contributed by atoms with Crippen LogP contribution in [-0.4, -0.2) is 58.5 Å². The van der Waals surface area contributed by atoms with Crippen molar-refractivity contribution in [2.75, 3.05) is 26.7 Å². The fraction of sp³-hybridized carbons (Fsp3) is 0.600. The lowest BCUT2D eigenvalue weighted by molar-refractivity contribution is 0.202. The number of H-pyrrole nitrogens is 1. The molecule has 1 aliphatic carbocycles. The van der Waals surface area contributed by atoms with E-state index < -0.39 is 0 Å². The van der Waals surface area contributed by atoms with Gasteiger partial charge in [0.15, 0.2) is 0 Å². The first-order valence-corrected chi connectivity index (χ1v) is 9.85. The van der Waals surface area contributed by atoms with Crippen LogP contribution in [0.3, 0.4) is 0 Å². The predicted molar refractivity (Wildman–Crippen MR) is 103 cm³/mol. The predicted octanol–water partition coefficient (Wildman–Crippen LogP) is 2.97. The zero-order valence-corrected chi connectivity index (χ0v) is 15.6. The molecule has 2 aromatic rings. The molecule has 140 valence electrons. The zero-order chi connectivity index (χ0) is 17.9. The second-order valence-corrected chi connectivity index (χ2v) is 7.83. The zero-order valence-electron chi connectivity index (χ0n) is 15.6. The number of urea groups is 1. The van der Waals surface area contributed by atoms with Crippen molar-refractivity contribution < 1.29 is 4.79 Å². The molecule has 0 spiro atoms. The monoisotopic (exact) mass is 355 g/mol. The van der Waals surface area contributed by atoms with Gasteiger partial charge in [0.05, 0.1) is 17.6 Å². The third-order valence-corrected chi connectivity index (χ3v) is 5.87. The molecule has 0 radical (unpaired) electrons. The molecule has 4 rings (SSSR count). The molecule has 1 atom stereocenters. The van der Waals surface area contributed by atoms with Gasteiger partial charge in [-0.2, -0.15) is 0 Å². The third-order valence-electron chi connectivity index (χ3n) is 5.87. The number of hydrogen-bond donors (Lipinski definition) is 2. The summed E-state index contributed by atoms with van der Waals surface area (Å²) in [5.74, 6) is 1.40. The normalized spacial score (nSPS) is 21.5. The Hall–Kier alpha value is -2.08. The highest BCUT2D eigenvalue weighted by Gasteiger charge is 2.30. The molecule has 2 fully saturated rings. The molecule has 2 amide bonds. The first kappa shape index (κ1) is 17.3. The summed E-state index contributed by atoms with van der Waals surface area (Å²) in [5.41, 5.74) is 1.95. The summed E-state index contributed by atoms with van der Waals surface area (Å²) in [5, 5.41) is 3.11. The van der Waals surface area contributed by atoms with E-state index in [-0.39, 0.29) is 6.03 Å². The number of fused-ring (bicyclic) bond motifs is 1. The van der Waals surface area contributed by atoms with Gasteiger partial charge in [0.1, 0.15) is 5.82 Å².